The first-order valence-electron chi connectivity index (χ1n) is 13.9. The van der Waals surface area contributed by atoms with Gasteiger partial charge in [-0.25, -0.2) is 0 Å². The maximum atomic E-state index is 12.9. The first kappa shape index (κ1) is 31.3. The molecule has 0 aromatic heterocycles. The second kappa shape index (κ2) is 16.2. The molecule has 37 heavy (non-hydrogen) atoms. The number of amides is 1. The zero-order valence-electron chi connectivity index (χ0n) is 23.8. The molecule has 0 bridgehead atoms. The Kier molecular flexibility index (Phi) is 13.7. The Bertz CT molecular complexity index is 798. The van der Waals surface area contributed by atoms with Gasteiger partial charge in [-0.15, -0.1) is 0 Å². The van der Waals surface area contributed by atoms with Crippen LogP contribution in [-0.2, 0) is 16.0 Å². The maximum absolute atomic E-state index is 12.9. The highest BCUT2D eigenvalue weighted by Gasteiger charge is 2.31. The molecule has 0 aliphatic carbocycles. The molecule has 1 aliphatic rings. The van der Waals surface area contributed by atoms with Crippen LogP contribution in [0.2, 0.25) is 0 Å². The molecule has 212 valence electrons. The first-order valence-corrected chi connectivity index (χ1v) is 13.9. The van der Waals surface area contributed by atoms with Gasteiger partial charge in [0.05, 0.1) is 19.8 Å². The topological polar surface area (TPSA) is 115 Å². The average Bonchev–Trinajstić information content (AvgIpc) is 3.37. The van der Waals surface area contributed by atoms with Crippen molar-refractivity contribution < 1.29 is 24.1 Å². The Morgan fingerprint density at radius 3 is 2.49 bits per heavy atom. The molecule has 0 spiro atoms. The van der Waals surface area contributed by atoms with E-state index in [1.165, 1.54) is 0 Å². The number of ether oxygens (including phenoxy) is 3. The smallest absolute Gasteiger partial charge is 0.223 e. The van der Waals surface area contributed by atoms with Gasteiger partial charge in [0.15, 0.2) is 11.5 Å². The minimum Gasteiger partial charge on any atom is -0.493 e. The number of carbonyl (C=O) groups is 1. The predicted molar refractivity (Wildman–Crippen MR) is 148 cm³/mol. The Hall–Kier alpha value is -1.87. The molecule has 1 aromatic rings. The van der Waals surface area contributed by atoms with E-state index in [0.717, 1.165) is 43.7 Å². The van der Waals surface area contributed by atoms with E-state index in [0.29, 0.717) is 37.7 Å². The summed E-state index contributed by atoms with van der Waals surface area (Å²) in [5.41, 5.74) is 7.69. The summed E-state index contributed by atoms with van der Waals surface area (Å²) >= 11 is 0. The summed E-state index contributed by atoms with van der Waals surface area (Å²) < 4.78 is 16.5. The molecule has 1 heterocycles. The van der Waals surface area contributed by atoms with Crippen LogP contribution in [0.4, 0.5) is 0 Å². The van der Waals surface area contributed by atoms with E-state index in [4.69, 9.17) is 19.9 Å². The molecule has 5 N–H and O–H groups in total. The Labute approximate surface area is 224 Å². The van der Waals surface area contributed by atoms with Crippen molar-refractivity contribution in [1.82, 2.24) is 10.6 Å². The number of benzene rings is 1. The molecule has 1 fully saturated rings. The van der Waals surface area contributed by atoms with Gasteiger partial charge in [-0.3, -0.25) is 4.79 Å². The van der Waals surface area contributed by atoms with Crippen molar-refractivity contribution in [1.29, 1.82) is 0 Å². The third-order valence-electron chi connectivity index (χ3n) is 7.53. The minimum absolute atomic E-state index is 0.0200. The molecule has 8 heteroatoms. The SMILES string of the molecule is COCCCOc1cc(CC(CC(N)C(O)CC(C(=O)N[C@H]2CCNC2)C(C)C)C(C)C)ccc1OC. The van der Waals surface area contributed by atoms with E-state index in [1.54, 1.807) is 14.2 Å². The van der Waals surface area contributed by atoms with Gasteiger partial charge in [0.1, 0.15) is 0 Å². The lowest BCUT2D eigenvalue weighted by Crippen LogP contribution is -2.45. The lowest BCUT2D eigenvalue weighted by Gasteiger charge is -2.30. The number of aliphatic hydroxyl groups excluding tert-OH is 1. The quantitative estimate of drug-likeness (QED) is 0.233. The molecule has 4 unspecified atom stereocenters. The summed E-state index contributed by atoms with van der Waals surface area (Å²) in [7, 11) is 3.32. The van der Waals surface area contributed by atoms with E-state index in [-0.39, 0.29) is 29.7 Å². The van der Waals surface area contributed by atoms with E-state index >= 15 is 0 Å². The van der Waals surface area contributed by atoms with Gasteiger partial charge < -0.3 is 35.7 Å². The number of methoxy groups -OCH3 is 2. The fourth-order valence-corrected chi connectivity index (χ4v) is 4.95. The van der Waals surface area contributed by atoms with Gasteiger partial charge in [-0.1, -0.05) is 33.8 Å². The van der Waals surface area contributed by atoms with E-state index < -0.39 is 12.1 Å². The van der Waals surface area contributed by atoms with Crippen molar-refractivity contribution in [3.05, 3.63) is 23.8 Å². The van der Waals surface area contributed by atoms with Crippen molar-refractivity contribution >= 4 is 5.91 Å². The van der Waals surface area contributed by atoms with Crippen LogP contribution in [0.1, 0.15) is 58.9 Å². The predicted octanol–water partition coefficient (Wildman–Crippen LogP) is 3.14. The molecule has 8 nitrogen and oxygen atoms in total. The normalized spacial score (nSPS) is 19.0. The molecule has 0 saturated carbocycles. The Balaban J connectivity index is 2.00. The fourth-order valence-electron chi connectivity index (χ4n) is 4.95. The number of nitrogens with two attached hydrogens (primary N) is 1. The van der Waals surface area contributed by atoms with Gasteiger partial charge in [0, 0.05) is 44.7 Å². The van der Waals surface area contributed by atoms with Crippen LogP contribution in [0, 0.1) is 23.7 Å². The summed E-state index contributed by atoms with van der Waals surface area (Å²) in [5, 5.41) is 17.5. The van der Waals surface area contributed by atoms with Crippen molar-refractivity contribution in [2.45, 2.75) is 78.0 Å². The standard InChI is InChI=1S/C29H51N3O5/c1-19(2)22(14-21-8-9-27(36-6)28(15-21)37-13-7-12-35-5)16-25(30)26(33)17-24(20(3)4)29(34)32-23-10-11-31-18-23/h8-9,15,19-20,22-26,31,33H,7,10-14,16-18,30H2,1-6H3,(H,32,34)/t22?,23-,24?,25?,26?/m0/s1. The van der Waals surface area contributed by atoms with Gasteiger partial charge in [-0.05, 0) is 67.7 Å². The van der Waals surface area contributed by atoms with Crippen LogP contribution in [0.3, 0.4) is 0 Å². The maximum Gasteiger partial charge on any atom is 0.223 e. The van der Waals surface area contributed by atoms with E-state index in [1.807, 2.05) is 26.0 Å². The van der Waals surface area contributed by atoms with Crippen molar-refractivity contribution in [3.63, 3.8) is 0 Å². The van der Waals surface area contributed by atoms with Gasteiger partial charge in [0.2, 0.25) is 5.91 Å². The highest BCUT2D eigenvalue weighted by molar-refractivity contribution is 5.79. The molecular formula is C29H51N3O5. The molecule has 1 amide bonds. The number of hydrogen-bond acceptors (Lipinski definition) is 7. The van der Waals surface area contributed by atoms with Crippen LogP contribution in [-0.4, -0.2) is 69.7 Å². The summed E-state index contributed by atoms with van der Waals surface area (Å²) in [5.74, 6) is 1.97. The van der Waals surface area contributed by atoms with Gasteiger partial charge in [0.25, 0.3) is 0 Å². The number of aliphatic hydroxyl groups is 1. The van der Waals surface area contributed by atoms with Gasteiger partial charge >= 0.3 is 0 Å². The van der Waals surface area contributed by atoms with Crippen molar-refractivity contribution in [2.24, 2.45) is 29.4 Å². The summed E-state index contributed by atoms with van der Waals surface area (Å²) in [4.78, 5) is 12.9. The molecule has 1 saturated heterocycles. The number of rotatable bonds is 17. The summed E-state index contributed by atoms with van der Waals surface area (Å²) in [6, 6.07) is 5.81. The van der Waals surface area contributed by atoms with E-state index in [9.17, 15) is 9.90 Å². The number of carbonyl (C=O) groups excluding carboxylic acids is 1. The third-order valence-corrected chi connectivity index (χ3v) is 7.53. The highest BCUT2D eigenvalue weighted by atomic mass is 16.5. The average molecular weight is 522 g/mol. The largest absolute Gasteiger partial charge is 0.493 e. The van der Waals surface area contributed by atoms with Crippen LogP contribution in [0.5, 0.6) is 11.5 Å². The molecule has 1 aromatic carbocycles. The number of nitrogens with one attached hydrogen (secondary N) is 2. The van der Waals surface area contributed by atoms with Crippen LogP contribution < -0.4 is 25.8 Å². The highest BCUT2D eigenvalue weighted by Crippen LogP contribution is 2.31. The fraction of sp³-hybridized carbons (Fsp3) is 0.759. The monoisotopic (exact) mass is 521 g/mol. The molecule has 1 aliphatic heterocycles. The molecule has 0 radical (unpaired) electrons. The Morgan fingerprint density at radius 2 is 1.89 bits per heavy atom. The second-order valence-electron chi connectivity index (χ2n) is 11.1. The minimum atomic E-state index is -0.739. The zero-order chi connectivity index (χ0) is 27.4. The molecule has 2 rings (SSSR count). The van der Waals surface area contributed by atoms with E-state index in [2.05, 4.69) is 30.5 Å². The molecular weight excluding hydrogens is 470 g/mol. The first-order chi connectivity index (χ1) is 17.7. The number of hydrogen-bond donors (Lipinski definition) is 4. The van der Waals surface area contributed by atoms with Gasteiger partial charge in [-0.2, -0.15) is 0 Å². The third kappa shape index (κ3) is 10.4. The summed E-state index contributed by atoms with van der Waals surface area (Å²) in [6.45, 7) is 11.4. The van der Waals surface area contributed by atoms with Crippen LogP contribution in [0.25, 0.3) is 0 Å². The summed E-state index contributed by atoms with van der Waals surface area (Å²) in [6.07, 6.45) is 2.87. The lowest BCUT2D eigenvalue weighted by molar-refractivity contribution is -0.128. The zero-order valence-corrected chi connectivity index (χ0v) is 23.8. The van der Waals surface area contributed by atoms with Crippen LogP contribution in [0.15, 0.2) is 18.2 Å². The molecule has 5 atom stereocenters. The van der Waals surface area contributed by atoms with Crippen molar-refractivity contribution in [2.75, 3.05) is 40.5 Å². The Morgan fingerprint density at radius 1 is 1.14 bits per heavy atom. The van der Waals surface area contributed by atoms with Crippen LogP contribution >= 0.6 is 0 Å². The lowest BCUT2D eigenvalue weighted by atomic mass is 9.80. The van der Waals surface area contributed by atoms with Crippen molar-refractivity contribution in [3.8, 4) is 11.5 Å². The second-order valence-corrected chi connectivity index (χ2v) is 11.1.